The Morgan fingerprint density at radius 3 is 2.56 bits per heavy atom. The lowest BCUT2D eigenvalue weighted by Gasteiger charge is -2.31. The van der Waals surface area contributed by atoms with Crippen LogP contribution in [0.25, 0.3) is 22.2 Å². The Hall–Kier alpha value is -2.82. The van der Waals surface area contributed by atoms with Gasteiger partial charge in [0, 0.05) is 61.2 Å². The van der Waals surface area contributed by atoms with Crippen LogP contribution in [0.1, 0.15) is 31.4 Å². The summed E-state index contributed by atoms with van der Waals surface area (Å²) in [5.74, 6) is 0.567. The van der Waals surface area contributed by atoms with E-state index < -0.39 is 0 Å². The van der Waals surface area contributed by atoms with Crippen LogP contribution in [-0.4, -0.2) is 38.8 Å². The van der Waals surface area contributed by atoms with Crippen LogP contribution >= 0.6 is 0 Å². The van der Waals surface area contributed by atoms with Gasteiger partial charge in [0.25, 0.3) is 0 Å². The highest BCUT2D eigenvalue weighted by Crippen LogP contribution is 2.28. The van der Waals surface area contributed by atoms with Crippen molar-refractivity contribution in [2.75, 3.05) is 13.1 Å². The van der Waals surface area contributed by atoms with E-state index in [9.17, 15) is 4.79 Å². The Labute approximate surface area is 146 Å². The number of likely N-dealkylation sites (tertiary alicyclic amines) is 1. The highest BCUT2D eigenvalue weighted by atomic mass is 16.2. The summed E-state index contributed by atoms with van der Waals surface area (Å²) in [7, 11) is 0. The second-order valence-electron chi connectivity index (χ2n) is 6.52. The van der Waals surface area contributed by atoms with Gasteiger partial charge in [-0.3, -0.25) is 9.78 Å². The van der Waals surface area contributed by atoms with Crippen molar-refractivity contribution < 1.29 is 4.79 Å². The molecule has 0 saturated carbocycles. The van der Waals surface area contributed by atoms with E-state index in [0.717, 1.165) is 53.8 Å². The average molecular weight is 332 g/mol. The first-order chi connectivity index (χ1) is 12.2. The van der Waals surface area contributed by atoms with Crippen molar-refractivity contribution in [3.8, 4) is 11.1 Å². The molecule has 1 aliphatic heterocycles. The summed E-state index contributed by atoms with van der Waals surface area (Å²) in [6.45, 7) is 3.27. The Bertz CT molecular complexity index is 902. The summed E-state index contributed by atoms with van der Waals surface area (Å²) < 4.78 is 0. The Balaban J connectivity index is 1.58. The van der Waals surface area contributed by atoms with Gasteiger partial charge in [-0.25, -0.2) is 9.97 Å². The molecule has 0 bridgehead atoms. The van der Waals surface area contributed by atoms with Gasteiger partial charge in [-0.1, -0.05) is 0 Å². The lowest BCUT2D eigenvalue weighted by atomic mass is 9.92. The maximum Gasteiger partial charge on any atom is 0.219 e. The molecule has 3 aromatic heterocycles. The van der Waals surface area contributed by atoms with E-state index in [1.54, 1.807) is 19.3 Å². The van der Waals surface area contributed by atoms with E-state index in [4.69, 9.17) is 4.98 Å². The molecule has 5 nitrogen and oxygen atoms in total. The first-order valence-electron chi connectivity index (χ1n) is 8.63. The van der Waals surface area contributed by atoms with Gasteiger partial charge in [0.1, 0.15) is 0 Å². The lowest BCUT2D eigenvalue weighted by Crippen LogP contribution is -2.36. The summed E-state index contributed by atoms with van der Waals surface area (Å²) in [6, 6.07) is 10.3. The van der Waals surface area contributed by atoms with Crippen molar-refractivity contribution in [2.24, 2.45) is 0 Å². The molecule has 1 fully saturated rings. The summed E-state index contributed by atoms with van der Waals surface area (Å²) in [6.07, 6.45) is 7.37. The number of hydrogen-bond donors (Lipinski definition) is 0. The summed E-state index contributed by atoms with van der Waals surface area (Å²) in [5, 5.41) is 1.04. The maximum absolute atomic E-state index is 11.5. The fourth-order valence-corrected chi connectivity index (χ4v) is 3.45. The second kappa shape index (κ2) is 6.59. The van der Waals surface area contributed by atoms with Gasteiger partial charge in [-0.15, -0.1) is 0 Å². The first kappa shape index (κ1) is 15.7. The molecule has 0 aliphatic carbocycles. The molecule has 3 aromatic rings. The number of aromatic nitrogens is 3. The number of carbonyl (C=O) groups excluding carboxylic acids is 1. The molecular formula is C20H20N4O. The van der Waals surface area contributed by atoms with Gasteiger partial charge in [-0.2, -0.15) is 0 Å². The molecule has 4 rings (SSSR count). The molecule has 0 N–H and O–H groups in total. The number of pyridine rings is 3. The lowest BCUT2D eigenvalue weighted by molar-refractivity contribution is -0.129. The zero-order valence-corrected chi connectivity index (χ0v) is 14.2. The van der Waals surface area contributed by atoms with Gasteiger partial charge in [0.15, 0.2) is 5.65 Å². The molecule has 1 amide bonds. The van der Waals surface area contributed by atoms with Crippen molar-refractivity contribution in [3.63, 3.8) is 0 Å². The monoisotopic (exact) mass is 332 g/mol. The van der Waals surface area contributed by atoms with E-state index in [-0.39, 0.29) is 5.91 Å². The third-order valence-corrected chi connectivity index (χ3v) is 4.94. The molecule has 0 unspecified atom stereocenters. The molecule has 0 atom stereocenters. The van der Waals surface area contributed by atoms with Crippen LogP contribution in [0.2, 0.25) is 0 Å². The largest absolute Gasteiger partial charge is 0.343 e. The molecule has 25 heavy (non-hydrogen) atoms. The molecule has 126 valence electrons. The topological polar surface area (TPSA) is 59.0 Å². The van der Waals surface area contributed by atoms with Gasteiger partial charge in [0.2, 0.25) is 5.91 Å². The van der Waals surface area contributed by atoms with Crippen LogP contribution < -0.4 is 0 Å². The third kappa shape index (κ3) is 3.22. The van der Waals surface area contributed by atoms with Crippen molar-refractivity contribution in [3.05, 3.63) is 54.6 Å². The van der Waals surface area contributed by atoms with Gasteiger partial charge in [0.05, 0.1) is 0 Å². The highest BCUT2D eigenvalue weighted by Gasteiger charge is 2.23. The van der Waals surface area contributed by atoms with Crippen molar-refractivity contribution >= 4 is 16.9 Å². The molecule has 5 heteroatoms. The number of rotatable bonds is 2. The van der Waals surface area contributed by atoms with E-state index in [1.807, 2.05) is 23.2 Å². The number of carbonyl (C=O) groups is 1. The zero-order chi connectivity index (χ0) is 17.2. The number of nitrogens with zero attached hydrogens (tertiary/aromatic N) is 4. The fourth-order valence-electron chi connectivity index (χ4n) is 3.45. The minimum atomic E-state index is 0.162. The predicted molar refractivity (Wildman–Crippen MR) is 97.0 cm³/mol. The standard InChI is InChI=1S/C20H20N4O/c1-14(25)24-10-6-16(7-11-24)19-3-2-17-12-18(13-22-20(17)23-19)15-4-8-21-9-5-15/h2-5,8-9,12-13,16H,6-7,10-11H2,1H3. The quantitative estimate of drug-likeness (QED) is 0.721. The predicted octanol–water partition coefficient (Wildman–Crippen LogP) is 3.42. The van der Waals surface area contributed by atoms with Crippen LogP contribution in [-0.2, 0) is 4.79 Å². The average Bonchev–Trinajstić information content (AvgIpc) is 2.68. The van der Waals surface area contributed by atoms with Crippen LogP contribution in [0.3, 0.4) is 0 Å². The minimum absolute atomic E-state index is 0.162. The Morgan fingerprint density at radius 2 is 1.84 bits per heavy atom. The normalized spacial score (nSPS) is 15.5. The molecule has 0 spiro atoms. The molecule has 0 aromatic carbocycles. The third-order valence-electron chi connectivity index (χ3n) is 4.94. The molecule has 1 aliphatic rings. The summed E-state index contributed by atoms with van der Waals surface area (Å²) in [4.78, 5) is 26.8. The minimum Gasteiger partial charge on any atom is -0.343 e. The van der Waals surface area contributed by atoms with Gasteiger partial charge < -0.3 is 4.90 Å². The van der Waals surface area contributed by atoms with Crippen LogP contribution in [0.15, 0.2) is 48.9 Å². The van der Waals surface area contributed by atoms with Crippen LogP contribution in [0.5, 0.6) is 0 Å². The van der Waals surface area contributed by atoms with E-state index in [2.05, 4.69) is 28.2 Å². The first-order valence-corrected chi connectivity index (χ1v) is 8.63. The summed E-state index contributed by atoms with van der Waals surface area (Å²) >= 11 is 0. The van der Waals surface area contributed by atoms with Crippen molar-refractivity contribution in [1.82, 2.24) is 19.9 Å². The van der Waals surface area contributed by atoms with E-state index >= 15 is 0 Å². The van der Waals surface area contributed by atoms with Gasteiger partial charge in [-0.05, 0) is 48.7 Å². The van der Waals surface area contributed by atoms with Crippen molar-refractivity contribution in [2.45, 2.75) is 25.7 Å². The SMILES string of the molecule is CC(=O)N1CCC(c2ccc3cc(-c4ccncc4)cnc3n2)CC1. The number of hydrogen-bond acceptors (Lipinski definition) is 4. The van der Waals surface area contributed by atoms with Crippen LogP contribution in [0.4, 0.5) is 0 Å². The Morgan fingerprint density at radius 1 is 1.08 bits per heavy atom. The second-order valence-corrected chi connectivity index (χ2v) is 6.52. The smallest absolute Gasteiger partial charge is 0.219 e. The van der Waals surface area contributed by atoms with Gasteiger partial charge >= 0.3 is 0 Å². The number of fused-ring (bicyclic) bond motifs is 1. The van der Waals surface area contributed by atoms with Crippen LogP contribution in [0, 0.1) is 0 Å². The molecule has 4 heterocycles. The highest BCUT2D eigenvalue weighted by molar-refractivity contribution is 5.80. The number of piperidine rings is 1. The molecule has 1 saturated heterocycles. The zero-order valence-electron chi connectivity index (χ0n) is 14.2. The number of amides is 1. The van der Waals surface area contributed by atoms with Crippen molar-refractivity contribution in [1.29, 1.82) is 0 Å². The Kier molecular flexibility index (Phi) is 4.14. The molecular weight excluding hydrogens is 312 g/mol. The molecule has 0 radical (unpaired) electrons. The fraction of sp³-hybridized carbons (Fsp3) is 0.300. The van der Waals surface area contributed by atoms with E-state index in [0.29, 0.717) is 5.92 Å². The van der Waals surface area contributed by atoms with E-state index in [1.165, 1.54) is 0 Å². The summed E-state index contributed by atoms with van der Waals surface area (Å²) in [5.41, 5.74) is 4.04. The maximum atomic E-state index is 11.5.